The van der Waals surface area contributed by atoms with E-state index in [-0.39, 0.29) is 53.3 Å². The summed E-state index contributed by atoms with van der Waals surface area (Å²) in [7, 11) is 0. The van der Waals surface area contributed by atoms with Gasteiger partial charge in [-0.2, -0.15) is 0 Å². The van der Waals surface area contributed by atoms with Crippen LogP contribution in [0, 0.1) is 0 Å². The van der Waals surface area contributed by atoms with Gasteiger partial charge in [-0.25, -0.2) is 4.79 Å². The minimum atomic E-state index is -1.05. The Balaban J connectivity index is 0.897. The molecule has 0 bridgehead atoms. The van der Waals surface area contributed by atoms with Crippen molar-refractivity contribution in [3.8, 4) is 0 Å². The first kappa shape index (κ1) is 43.8. The number of rotatable bonds is 10. The molecule has 8 amide bonds. The van der Waals surface area contributed by atoms with E-state index in [0.717, 1.165) is 13.0 Å². The van der Waals surface area contributed by atoms with E-state index in [1.54, 1.807) is 26.5 Å². The molecule has 8 saturated heterocycles. The zero-order valence-electron chi connectivity index (χ0n) is 35.9. The van der Waals surface area contributed by atoms with Crippen molar-refractivity contribution in [2.45, 2.75) is 164 Å². The van der Waals surface area contributed by atoms with E-state index in [0.29, 0.717) is 142 Å². The van der Waals surface area contributed by atoms with Gasteiger partial charge in [0.25, 0.3) is 0 Å². The van der Waals surface area contributed by atoms with E-state index in [4.69, 9.17) is 0 Å². The Morgan fingerprint density at radius 1 is 0.435 bits per heavy atom. The summed E-state index contributed by atoms with van der Waals surface area (Å²) >= 11 is 0. The van der Waals surface area contributed by atoms with Gasteiger partial charge in [0.2, 0.25) is 47.3 Å². The molecule has 0 saturated carbocycles. The third kappa shape index (κ3) is 8.25. The van der Waals surface area contributed by atoms with Crippen LogP contribution in [-0.4, -0.2) is 199 Å². The molecule has 0 aliphatic carbocycles. The van der Waals surface area contributed by atoms with Crippen LogP contribution in [0.2, 0.25) is 0 Å². The maximum absolute atomic E-state index is 14.5. The highest BCUT2D eigenvalue weighted by molar-refractivity contribution is 5.99. The first-order valence-corrected chi connectivity index (χ1v) is 23.3. The van der Waals surface area contributed by atoms with Crippen LogP contribution < -0.4 is 10.6 Å². The Hall–Kier alpha value is -4.81. The van der Waals surface area contributed by atoms with E-state index in [1.165, 1.54) is 14.7 Å². The second kappa shape index (κ2) is 18.5. The molecule has 340 valence electrons. The van der Waals surface area contributed by atoms with Crippen molar-refractivity contribution in [3.05, 3.63) is 0 Å². The summed E-state index contributed by atoms with van der Waals surface area (Å²) in [4.78, 5) is 134. The van der Waals surface area contributed by atoms with Crippen LogP contribution in [0.3, 0.4) is 0 Å². The molecule has 3 N–H and O–H groups in total. The van der Waals surface area contributed by atoms with Gasteiger partial charge in [-0.15, -0.1) is 0 Å². The van der Waals surface area contributed by atoms with Crippen molar-refractivity contribution in [2.24, 2.45) is 0 Å². The highest BCUT2D eigenvalue weighted by atomic mass is 16.4. The molecule has 0 spiro atoms. The van der Waals surface area contributed by atoms with Gasteiger partial charge in [-0.05, 0) is 116 Å². The van der Waals surface area contributed by atoms with E-state index in [1.807, 2.05) is 0 Å². The minimum absolute atomic E-state index is 0.234. The minimum Gasteiger partial charge on any atom is -0.480 e. The Bertz CT molecular complexity index is 1820. The van der Waals surface area contributed by atoms with Crippen LogP contribution in [0.5, 0.6) is 0 Å². The SMILES string of the molecule is C[C@H](NC(=O)[C@@H]1CCCN1)C(=O)N1CCC[C@H]1C(=O)N1CCC[C@H]1C(=O)N1CCC[C@H]1C(=O)N1CCC[C@H]1C(=O)N1CCC[C@H]1C(=O)N1CCC[C@H]1C(=O)N1CCC[C@H]1C(=O)O. The predicted octanol–water partition coefficient (Wildman–Crippen LogP) is -0.735. The Kier molecular flexibility index (Phi) is 13.1. The molecule has 8 heterocycles. The first-order chi connectivity index (χ1) is 29.9. The van der Waals surface area contributed by atoms with Crippen LogP contribution in [0.1, 0.15) is 110 Å². The third-order valence-corrected chi connectivity index (χ3v) is 14.9. The average Bonchev–Trinajstić information content (AvgIpc) is 4.14. The number of nitrogens with one attached hydrogen (secondary N) is 2. The molecule has 0 aromatic rings. The number of hydrogen-bond acceptors (Lipinski definition) is 10. The molecule has 0 aromatic carbocycles. The molecule has 62 heavy (non-hydrogen) atoms. The Morgan fingerprint density at radius 2 is 0.726 bits per heavy atom. The second-order valence-electron chi connectivity index (χ2n) is 18.5. The van der Waals surface area contributed by atoms with Gasteiger partial charge in [0.1, 0.15) is 48.3 Å². The maximum Gasteiger partial charge on any atom is 0.326 e. The smallest absolute Gasteiger partial charge is 0.326 e. The molecular formula is C43H63N9O10. The number of carbonyl (C=O) groups is 9. The van der Waals surface area contributed by atoms with E-state index in [9.17, 15) is 48.3 Å². The molecule has 8 fully saturated rings. The Morgan fingerprint density at radius 3 is 1.03 bits per heavy atom. The fourth-order valence-corrected chi connectivity index (χ4v) is 11.7. The standard InChI is InChI=1S/C43H63N9O10/c1-26(45-35(53)27-10-2-18-44-27)36(54)46-19-3-11-28(46)37(55)47-20-4-12-29(47)38(56)48-21-5-13-30(48)39(57)49-22-6-14-31(49)40(58)50-23-7-15-32(50)41(59)51-24-8-16-33(51)42(60)52-25-9-17-34(52)43(61)62/h26-34,44H,2-25H2,1H3,(H,45,53)(H,61,62)/t26-,27-,28-,29-,30-,31-,32-,33-,34-/m0/s1. The van der Waals surface area contributed by atoms with E-state index < -0.39 is 54.3 Å². The summed E-state index contributed by atoms with van der Waals surface area (Å²) in [5.41, 5.74) is 0. The number of amides is 8. The quantitative estimate of drug-likeness (QED) is 0.249. The summed E-state index contributed by atoms with van der Waals surface area (Å²) in [6.07, 6.45) is 8.70. The first-order valence-electron chi connectivity index (χ1n) is 23.3. The van der Waals surface area contributed by atoms with Gasteiger partial charge in [0.05, 0.1) is 6.04 Å². The van der Waals surface area contributed by atoms with Gasteiger partial charge in [-0.3, -0.25) is 38.4 Å². The number of hydrogen-bond donors (Lipinski definition) is 3. The van der Waals surface area contributed by atoms with Crippen molar-refractivity contribution in [2.75, 3.05) is 52.4 Å². The van der Waals surface area contributed by atoms with Crippen LogP contribution in [0.4, 0.5) is 0 Å². The predicted molar refractivity (Wildman–Crippen MR) is 219 cm³/mol. The lowest BCUT2D eigenvalue weighted by atomic mass is 10.1. The summed E-state index contributed by atoms with van der Waals surface area (Å²) in [6, 6.07) is -6.76. The number of carboxylic acid groups (broad SMARTS) is 1. The van der Waals surface area contributed by atoms with Gasteiger partial charge in [-0.1, -0.05) is 0 Å². The molecule has 0 radical (unpaired) electrons. The van der Waals surface area contributed by atoms with Gasteiger partial charge in [0.15, 0.2) is 0 Å². The maximum atomic E-state index is 14.5. The number of nitrogens with zero attached hydrogens (tertiary/aromatic N) is 7. The topological polar surface area (TPSA) is 221 Å². The van der Waals surface area contributed by atoms with Crippen molar-refractivity contribution >= 4 is 53.2 Å². The summed E-state index contributed by atoms with van der Waals surface area (Å²) < 4.78 is 0. The normalized spacial score (nSPS) is 31.7. The zero-order chi connectivity index (χ0) is 43.8. The van der Waals surface area contributed by atoms with Crippen LogP contribution in [0.15, 0.2) is 0 Å². The van der Waals surface area contributed by atoms with Crippen molar-refractivity contribution < 1.29 is 48.3 Å². The van der Waals surface area contributed by atoms with Gasteiger partial charge in [0, 0.05) is 45.8 Å². The van der Waals surface area contributed by atoms with Crippen molar-refractivity contribution in [1.82, 2.24) is 44.9 Å². The fourth-order valence-electron chi connectivity index (χ4n) is 11.7. The summed E-state index contributed by atoms with van der Waals surface area (Å²) in [5, 5.41) is 15.6. The number of carboxylic acids is 1. The average molecular weight is 866 g/mol. The molecule has 0 unspecified atom stereocenters. The highest BCUT2D eigenvalue weighted by Crippen LogP contribution is 2.33. The lowest BCUT2D eigenvalue weighted by molar-refractivity contribution is -0.155. The molecule has 0 aromatic heterocycles. The van der Waals surface area contributed by atoms with Gasteiger partial charge >= 0.3 is 5.97 Å². The Labute approximate surface area is 362 Å². The van der Waals surface area contributed by atoms with E-state index in [2.05, 4.69) is 10.6 Å². The van der Waals surface area contributed by atoms with Crippen LogP contribution in [-0.2, 0) is 43.2 Å². The van der Waals surface area contributed by atoms with Crippen LogP contribution >= 0.6 is 0 Å². The third-order valence-electron chi connectivity index (χ3n) is 14.9. The lowest BCUT2D eigenvalue weighted by Gasteiger charge is -2.37. The van der Waals surface area contributed by atoms with Crippen molar-refractivity contribution in [1.29, 1.82) is 0 Å². The summed E-state index contributed by atoms with van der Waals surface area (Å²) in [6.45, 7) is 4.79. The molecule has 8 aliphatic rings. The van der Waals surface area contributed by atoms with E-state index >= 15 is 0 Å². The molecule has 9 atom stereocenters. The largest absolute Gasteiger partial charge is 0.480 e. The molecule has 19 heteroatoms. The van der Waals surface area contributed by atoms with Crippen LogP contribution in [0.25, 0.3) is 0 Å². The molecular weight excluding hydrogens is 803 g/mol. The highest BCUT2D eigenvalue weighted by Gasteiger charge is 2.51. The molecule has 8 rings (SSSR count). The fraction of sp³-hybridized carbons (Fsp3) is 0.791. The second-order valence-corrected chi connectivity index (χ2v) is 18.5. The molecule has 19 nitrogen and oxygen atoms in total. The van der Waals surface area contributed by atoms with Gasteiger partial charge < -0.3 is 50.0 Å². The number of carbonyl (C=O) groups excluding carboxylic acids is 8. The summed E-state index contributed by atoms with van der Waals surface area (Å²) in [5.74, 6) is -3.53. The monoisotopic (exact) mass is 865 g/mol. The number of likely N-dealkylation sites (tertiary alicyclic amines) is 7. The van der Waals surface area contributed by atoms with Crippen molar-refractivity contribution in [3.63, 3.8) is 0 Å². The lowest BCUT2D eigenvalue weighted by Crippen LogP contribution is -2.59. The zero-order valence-corrected chi connectivity index (χ0v) is 35.9. The number of aliphatic carboxylic acids is 1. The molecule has 8 aliphatic heterocycles.